The SMILES string of the molecule is Cc1ccccc1C1CCN(C2CCC(NC(=O)/C=C/c3ccc(OC(F)(F)F)cc3)CC2)CC1. The minimum Gasteiger partial charge on any atom is -0.406 e. The Balaban J connectivity index is 1.18. The number of hydrogen-bond acceptors (Lipinski definition) is 3. The predicted octanol–water partition coefficient (Wildman–Crippen LogP) is 6.21. The summed E-state index contributed by atoms with van der Waals surface area (Å²) in [5, 5.41) is 3.07. The number of halogens is 3. The smallest absolute Gasteiger partial charge is 0.406 e. The molecule has 0 spiro atoms. The molecule has 0 bridgehead atoms. The molecule has 7 heteroatoms. The standard InChI is InChI=1S/C28H33F3N2O2/c1-20-4-2-3-5-26(20)22-16-18-33(19-17-22)24-11-9-23(10-12-24)32-27(34)15-8-21-6-13-25(14-7-21)35-28(29,30)31/h2-8,13-15,22-24H,9-12,16-19H2,1H3,(H,32,34)/b15-8+. The van der Waals surface area contributed by atoms with Crippen molar-refractivity contribution in [3.63, 3.8) is 0 Å². The molecule has 4 rings (SSSR count). The van der Waals surface area contributed by atoms with Gasteiger partial charge in [-0.05, 0) is 99.4 Å². The summed E-state index contributed by atoms with van der Waals surface area (Å²) in [6.45, 7) is 4.47. The van der Waals surface area contributed by atoms with Gasteiger partial charge in [0.15, 0.2) is 0 Å². The molecular weight excluding hydrogens is 453 g/mol. The first-order chi connectivity index (χ1) is 16.8. The molecule has 1 amide bonds. The van der Waals surface area contributed by atoms with Gasteiger partial charge in [0.2, 0.25) is 5.91 Å². The van der Waals surface area contributed by atoms with Crippen LogP contribution in [0.15, 0.2) is 54.6 Å². The lowest BCUT2D eigenvalue weighted by Crippen LogP contribution is -2.46. The van der Waals surface area contributed by atoms with Crippen molar-refractivity contribution in [1.29, 1.82) is 0 Å². The van der Waals surface area contributed by atoms with Crippen LogP contribution in [0.1, 0.15) is 61.1 Å². The Hall–Kier alpha value is -2.80. The summed E-state index contributed by atoms with van der Waals surface area (Å²) in [7, 11) is 0. The molecule has 1 heterocycles. The molecular formula is C28H33F3N2O2. The maximum absolute atomic E-state index is 12.3. The Labute approximate surface area is 205 Å². The number of hydrogen-bond donors (Lipinski definition) is 1. The molecule has 1 N–H and O–H groups in total. The third-order valence-corrected chi connectivity index (χ3v) is 7.26. The van der Waals surface area contributed by atoms with E-state index in [1.807, 2.05) is 0 Å². The van der Waals surface area contributed by atoms with Crippen molar-refractivity contribution in [2.45, 2.75) is 69.8 Å². The molecule has 2 fully saturated rings. The van der Waals surface area contributed by atoms with Crippen molar-refractivity contribution in [1.82, 2.24) is 10.2 Å². The van der Waals surface area contributed by atoms with Crippen LogP contribution in [0.5, 0.6) is 5.75 Å². The molecule has 1 aliphatic heterocycles. The number of nitrogens with one attached hydrogen (secondary N) is 1. The van der Waals surface area contributed by atoms with E-state index in [-0.39, 0.29) is 17.7 Å². The molecule has 2 aliphatic rings. The van der Waals surface area contributed by atoms with Gasteiger partial charge in [-0.1, -0.05) is 36.4 Å². The molecule has 35 heavy (non-hydrogen) atoms. The van der Waals surface area contributed by atoms with Crippen LogP contribution >= 0.6 is 0 Å². The molecule has 2 aromatic rings. The molecule has 0 aromatic heterocycles. The average Bonchev–Trinajstić information content (AvgIpc) is 2.84. The highest BCUT2D eigenvalue weighted by Gasteiger charge is 2.31. The van der Waals surface area contributed by atoms with E-state index in [9.17, 15) is 18.0 Å². The third kappa shape index (κ3) is 7.34. The van der Waals surface area contributed by atoms with Crippen molar-refractivity contribution >= 4 is 12.0 Å². The maximum Gasteiger partial charge on any atom is 0.573 e. The van der Waals surface area contributed by atoms with Gasteiger partial charge >= 0.3 is 6.36 Å². The highest BCUT2D eigenvalue weighted by molar-refractivity contribution is 5.91. The molecule has 1 saturated carbocycles. The number of likely N-dealkylation sites (tertiary alicyclic amines) is 1. The summed E-state index contributed by atoms with van der Waals surface area (Å²) in [5.41, 5.74) is 3.52. The Morgan fingerprint density at radius 1 is 0.971 bits per heavy atom. The molecule has 188 valence electrons. The Kier molecular flexibility index (Phi) is 8.16. The predicted molar refractivity (Wildman–Crippen MR) is 131 cm³/mol. The van der Waals surface area contributed by atoms with Gasteiger partial charge in [-0.25, -0.2) is 0 Å². The van der Waals surface area contributed by atoms with Crippen LogP contribution in [-0.4, -0.2) is 42.3 Å². The lowest BCUT2D eigenvalue weighted by atomic mass is 9.84. The fourth-order valence-corrected chi connectivity index (χ4v) is 5.41. The number of ether oxygens (including phenoxy) is 1. The second-order valence-electron chi connectivity index (χ2n) is 9.63. The summed E-state index contributed by atoms with van der Waals surface area (Å²) < 4.78 is 40.6. The molecule has 4 nitrogen and oxygen atoms in total. The van der Waals surface area contributed by atoms with E-state index in [0.717, 1.165) is 38.8 Å². The normalized spacial score (nSPS) is 22.3. The second-order valence-corrected chi connectivity index (χ2v) is 9.63. The third-order valence-electron chi connectivity index (χ3n) is 7.26. The number of piperidine rings is 1. The van der Waals surface area contributed by atoms with Crippen molar-refractivity contribution in [3.8, 4) is 5.75 Å². The molecule has 2 aromatic carbocycles. The van der Waals surface area contributed by atoms with Gasteiger partial charge in [-0.15, -0.1) is 13.2 Å². The van der Waals surface area contributed by atoms with Gasteiger partial charge in [0.25, 0.3) is 0 Å². The Bertz CT molecular complexity index is 1000. The van der Waals surface area contributed by atoms with Crippen LogP contribution in [0.4, 0.5) is 13.2 Å². The van der Waals surface area contributed by atoms with Crippen LogP contribution < -0.4 is 10.1 Å². The monoisotopic (exact) mass is 486 g/mol. The van der Waals surface area contributed by atoms with Crippen LogP contribution in [0.2, 0.25) is 0 Å². The number of alkyl halides is 3. The van der Waals surface area contributed by atoms with E-state index >= 15 is 0 Å². The first-order valence-electron chi connectivity index (χ1n) is 12.4. The quantitative estimate of drug-likeness (QED) is 0.494. The van der Waals surface area contributed by atoms with E-state index in [1.54, 1.807) is 6.08 Å². The van der Waals surface area contributed by atoms with E-state index in [1.165, 1.54) is 54.3 Å². The van der Waals surface area contributed by atoms with Gasteiger partial charge in [0, 0.05) is 18.2 Å². The number of carbonyl (C=O) groups excluding carboxylic acids is 1. The lowest BCUT2D eigenvalue weighted by molar-refractivity contribution is -0.274. The molecule has 0 radical (unpaired) electrons. The summed E-state index contributed by atoms with van der Waals surface area (Å²) in [6, 6.07) is 14.9. The average molecular weight is 487 g/mol. The fraction of sp³-hybridized carbons (Fsp3) is 0.464. The number of carbonyl (C=O) groups is 1. The van der Waals surface area contributed by atoms with E-state index in [4.69, 9.17) is 0 Å². The Morgan fingerprint density at radius 3 is 2.26 bits per heavy atom. The van der Waals surface area contributed by atoms with Gasteiger partial charge < -0.3 is 15.0 Å². The molecule has 1 saturated heterocycles. The zero-order valence-electron chi connectivity index (χ0n) is 20.1. The first-order valence-corrected chi connectivity index (χ1v) is 12.4. The molecule has 0 unspecified atom stereocenters. The van der Waals surface area contributed by atoms with Crippen molar-refractivity contribution < 1.29 is 22.7 Å². The van der Waals surface area contributed by atoms with E-state index in [0.29, 0.717) is 17.5 Å². The number of nitrogens with zero attached hydrogens (tertiary/aromatic N) is 1. The second kappa shape index (κ2) is 11.3. The highest BCUT2D eigenvalue weighted by Crippen LogP contribution is 2.33. The first kappa shape index (κ1) is 25.3. The zero-order chi connectivity index (χ0) is 24.8. The van der Waals surface area contributed by atoms with Gasteiger partial charge in [0.05, 0.1) is 0 Å². The summed E-state index contributed by atoms with van der Waals surface area (Å²) >= 11 is 0. The maximum atomic E-state index is 12.3. The lowest BCUT2D eigenvalue weighted by Gasteiger charge is -2.41. The van der Waals surface area contributed by atoms with E-state index in [2.05, 4.69) is 46.1 Å². The fourth-order valence-electron chi connectivity index (χ4n) is 5.41. The van der Waals surface area contributed by atoms with Gasteiger partial charge in [0.1, 0.15) is 5.75 Å². The van der Waals surface area contributed by atoms with Gasteiger partial charge in [-0.2, -0.15) is 0 Å². The van der Waals surface area contributed by atoms with Crippen LogP contribution in [0.3, 0.4) is 0 Å². The highest BCUT2D eigenvalue weighted by atomic mass is 19.4. The van der Waals surface area contributed by atoms with Crippen molar-refractivity contribution in [3.05, 3.63) is 71.3 Å². The summed E-state index contributed by atoms with van der Waals surface area (Å²) in [6.07, 6.45) is 4.82. The minimum absolute atomic E-state index is 0.162. The molecule has 0 atom stereocenters. The summed E-state index contributed by atoms with van der Waals surface area (Å²) in [5.74, 6) is 0.196. The topological polar surface area (TPSA) is 41.6 Å². The van der Waals surface area contributed by atoms with Gasteiger partial charge in [-0.3, -0.25) is 4.79 Å². The molecule has 1 aliphatic carbocycles. The van der Waals surface area contributed by atoms with Crippen LogP contribution in [0, 0.1) is 6.92 Å². The number of aryl methyl sites for hydroxylation is 1. The van der Waals surface area contributed by atoms with Crippen molar-refractivity contribution in [2.24, 2.45) is 0 Å². The van der Waals surface area contributed by atoms with Crippen LogP contribution in [0.25, 0.3) is 6.08 Å². The number of rotatable bonds is 6. The minimum atomic E-state index is -4.71. The Morgan fingerprint density at radius 2 is 1.63 bits per heavy atom. The largest absolute Gasteiger partial charge is 0.573 e. The van der Waals surface area contributed by atoms with E-state index < -0.39 is 6.36 Å². The zero-order valence-corrected chi connectivity index (χ0v) is 20.1. The number of benzene rings is 2. The van der Waals surface area contributed by atoms with Crippen molar-refractivity contribution in [2.75, 3.05) is 13.1 Å². The number of amides is 1. The van der Waals surface area contributed by atoms with Crippen LogP contribution in [-0.2, 0) is 4.79 Å². The summed E-state index contributed by atoms with van der Waals surface area (Å²) in [4.78, 5) is 15.0.